The lowest BCUT2D eigenvalue weighted by Crippen LogP contribution is -2.36. The van der Waals surface area contributed by atoms with Gasteiger partial charge >= 0.3 is 0 Å². The number of rotatable bonds is 9. The Hall–Kier alpha value is -2.88. The van der Waals surface area contributed by atoms with Gasteiger partial charge in [-0.3, -0.25) is 14.5 Å². The third kappa shape index (κ3) is 7.67. The number of aromatic nitrogens is 2. The van der Waals surface area contributed by atoms with Crippen LogP contribution < -0.4 is 16.0 Å². The number of aliphatic imine (C=N–C) groups is 1. The molecule has 0 spiro atoms. The molecule has 0 aliphatic carbocycles. The minimum absolute atomic E-state index is 0. The van der Waals surface area contributed by atoms with Crippen molar-refractivity contribution in [2.24, 2.45) is 4.99 Å². The van der Waals surface area contributed by atoms with Gasteiger partial charge in [0, 0.05) is 44.6 Å². The van der Waals surface area contributed by atoms with Crippen LogP contribution >= 0.6 is 24.0 Å². The summed E-state index contributed by atoms with van der Waals surface area (Å²) < 4.78 is 1.91. The van der Waals surface area contributed by atoms with Gasteiger partial charge in [-0.25, -0.2) is 0 Å². The van der Waals surface area contributed by atoms with E-state index in [9.17, 15) is 4.79 Å². The van der Waals surface area contributed by atoms with E-state index < -0.39 is 0 Å². The maximum absolute atomic E-state index is 12.2. The number of hydrogen-bond acceptors (Lipinski definition) is 3. The fraction of sp³-hybridized carbons (Fsp3) is 0.292. The highest BCUT2D eigenvalue weighted by Crippen LogP contribution is 2.10. The van der Waals surface area contributed by atoms with Crippen LogP contribution in [0.3, 0.4) is 0 Å². The molecular weight excluding hydrogens is 515 g/mol. The van der Waals surface area contributed by atoms with Gasteiger partial charge in [-0.05, 0) is 41.3 Å². The second-order valence-electron chi connectivity index (χ2n) is 7.21. The number of halogens is 1. The second-order valence-corrected chi connectivity index (χ2v) is 7.21. The Kier molecular flexibility index (Phi) is 10.7. The average Bonchev–Trinajstić information content (AvgIpc) is 3.32. The van der Waals surface area contributed by atoms with Crippen LogP contribution in [-0.2, 0) is 19.6 Å². The lowest BCUT2D eigenvalue weighted by atomic mass is 10.1. The fourth-order valence-corrected chi connectivity index (χ4v) is 3.20. The van der Waals surface area contributed by atoms with Gasteiger partial charge in [0.05, 0.1) is 6.54 Å². The molecule has 3 N–H and O–H groups in total. The minimum atomic E-state index is -0.0417. The zero-order chi connectivity index (χ0) is 21.9. The van der Waals surface area contributed by atoms with Gasteiger partial charge in [-0.15, -0.1) is 24.0 Å². The molecule has 2 aromatic carbocycles. The molecule has 1 heterocycles. The number of carbonyl (C=O) groups excluding carboxylic acids is 1. The van der Waals surface area contributed by atoms with E-state index >= 15 is 0 Å². The SMILES string of the molecule is CCCNC(=O)c1cccc(CNC(=NC)NCc2ccccc2Cn2cccn2)c1.I. The summed E-state index contributed by atoms with van der Waals surface area (Å²) in [6.07, 6.45) is 4.66. The molecule has 8 heteroatoms. The second kappa shape index (κ2) is 13.5. The van der Waals surface area contributed by atoms with E-state index in [2.05, 4.69) is 38.2 Å². The summed E-state index contributed by atoms with van der Waals surface area (Å²) in [6.45, 7) is 4.67. The molecule has 0 aliphatic rings. The van der Waals surface area contributed by atoms with Crippen LogP contribution in [0.25, 0.3) is 0 Å². The summed E-state index contributed by atoms with van der Waals surface area (Å²) in [6, 6.07) is 17.9. The van der Waals surface area contributed by atoms with Crippen molar-refractivity contribution in [2.75, 3.05) is 13.6 Å². The lowest BCUT2D eigenvalue weighted by molar-refractivity contribution is 0.0953. The van der Waals surface area contributed by atoms with Crippen molar-refractivity contribution >= 4 is 35.8 Å². The summed E-state index contributed by atoms with van der Waals surface area (Å²) in [5.74, 6) is 0.662. The van der Waals surface area contributed by atoms with E-state index in [0.29, 0.717) is 31.2 Å². The molecule has 1 amide bonds. The molecule has 3 rings (SSSR count). The predicted molar refractivity (Wildman–Crippen MR) is 139 cm³/mol. The van der Waals surface area contributed by atoms with Crippen LogP contribution in [0.1, 0.15) is 40.4 Å². The van der Waals surface area contributed by atoms with E-state index in [4.69, 9.17) is 0 Å². The maximum atomic E-state index is 12.2. The molecule has 0 saturated heterocycles. The number of guanidine groups is 1. The molecule has 0 saturated carbocycles. The van der Waals surface area contributed by atoms with Crippen molar-refractivity contribution in [3.8, 4) is 0 Å². The van der Waals surface area contributed by atoms with Crippen LogP contribution in [0.2, 0.25) is 0 Å². The van der Waals surface area contributed by atoms with Crippen LogP contribution in [0.4, 0.5) is 0 Å². The third-order valence-corrected chi connectivity index (χ3v) is 4.86. The number of benzene rings is 2. The van der Waals surface area contributed by atoms with E-state index in [1.807, 2.05) is 60.3 Å². The Labute approximate surface area is 206 Å². The Bertz CT molecular complexity index is 1000. The zero-order valence-electron chi connectivity index (χ0n) is 18.5. The van der Waals surface area contributed by atoms with E-state index in [1.54, 1.807) is 13.2 Å². The van der Waals surface area contributed by atoms with Crippen molar-refractivity contribution < 1.29 is 4.79 Å². The molecule has 32 heavy (non-hydrogen) atoms. The largest absolute Gasteiger partial charge is 0.352 e. The molecule has 170 valence electrons. The van der Waals surface area contributed by atoms with Gasteiger partial charge < -0.3 is 16.0 Å². The van der Waals surface area contributed by atoms with E-state index in [1.165, 1.54) is 11.1 Å². The molecule has 0 unspecified atom stereocenters. The van der Waals surface area contributed by atoms with Gasteiger partial charge in [0.25, 0.3) is 5.91 Å². The molecular formula is C24H31IN6O. The fourth-order valence-electron chi connectivity index (χ4n) is 3.20. The minimum Gasteiger partial charge on any atom is -0.352 e. The van der Waals surface area contributed by atoms with Crippen LogP contribution in [0.15, 0.2) is 72.0 Å². The third-order valence-electron chi connectivity index (χ3n) is 4.86. The van der Waals surface area contributed by atoms with Gasteiger partial charge in [0.15, 0.2) is 5.96 Å². The number of amides is 1. The van der Waals surface area contributed by atoms with Crippen LogP contribution in [0, 0.1) is 0 Å². The van der Waals surface area contributed by atoms with Gasteiger partial charge in [-0.1, -0.05) is 43.3 Å². The first-order chi connectivity index (χ1) is 15.2. The molecule has 0 bridgehead atoms. The summed E-state index contributed by atoms with van der Waals surface area (Å²) in [7, 11) is 1.75. The first-order valence-electron chi connectivity index (χ1n) is 10.6. The molecule has 7 nitrogen and oxygen atoms in total. The van der Waals surface area contributed by atoms with Crippen molar-refractivity contribution in [3.63, 3.8) is 0 Å². The highest BCUT2D eigenvalue weighted by atomic mass is 127. The monoisotopic (exact) mass is 546 g/mol. The number of hydrogen-bond donors (Lipinski definition) is 3. The quantitative estimate of drug-likeness (QED) is 0.218. The Morgan fingerprint density at radius 2 is 1.78 bits per heavy atom. The van der Waals surface area contributed by atoms with Crippen molar-refractivity contribution in [2.45, 2.75) is 33.0 Å². The van der Waals surface area contributed by atoms with Crippen molar-refractivity contribution in [1.29, 1.82) is 0 Å². The highest BCUT2D eigenvalue weighted by molar-refractivity contribution is 14.0. The predicted octanol–water partition coefficient (Wildman–Crippen LogP) is 3.55. The summed E-state index contributed by atoms with van der Waals surface area (Å²) in [5, 5.41) is 13.9. The van der Waals surface area contributed by atoms with Crippen molar-refractivity contribution in [1.82, 2.24) is 25.7 Å². The molecule has 3 aromatic rings. The Morgan fingerprint density at radius 3 is 2.50 bits per heavy atom. The summed E-state index contributed by atoms with van der Waals surface area (Å²) in [4.78, 5) is 16.5. The molecule has 0 atom stereocenters. The molecule has 0 aliphatic heterocycles. The van der Waals surface area contributed by atoms with Gasteiger partial charge in [0.1, 0.15) is 0 Å². The summed E-state index contributed by atoms with van der Waals surface area (Å²) in [5.41, 5.74) is 4.09. The smallest absolute Gasteiger partial charge is 0.251 e. The van der Waals surface area contributed by atoms with E-state index in [-0.39, 0.29) is 29.9 Å². The van der Waals surface area contributed by atoms with Gasteiger partial charge in [-0.2, -0.15) is 5.10 Å². The number of nitrogens with zero attached hydrogens (tertiary/aromatic N) is 3. The first kappa shape index (κ1) is 25.4. The topological polar surface area (TPSA) is 83.3 Å². The summed E-state index contributed by atoms with van der Waals surface area (Å²) >= 11 is 0. The Morgan fingerprint density at radius 1 is 1.00 bits per heavy atom. The molecule has 0 fully saturated rings. The molecule has 1 aromatic heterocycles. The normalized spacial score (nSPS) is 10.9. The average molecular weight is 546 g/mol. The van der Waals surface area contributed by atoms with Gasteiger partial charge in [0.2, 0.25) is 0 Å². The standard InChI is InChI=1S/C24H30N6O.HI/c1-3-12-26-23(31)20-11-6-8-19(15-20)16-27-24(25-2)28-17-21-9-4-5-10-22(21)18-30-14-7-13-29-30;/h4-11,13-15H,3,12,16-18H2,1-2H3,(H,26,31)(H2,25,27,28);1H. The maximum Gasteiger partial charge on any atom is 0.251 e. The zero-order valence-corrected chi connectivity index (χ0v) is 20.9. The van der Waals surface area contributed by atoms with E-state index in [0.717, 1.165) is 18.5 Å². The Balaban J connectivity index is 0.00000363. The number of nitrogens with one attached hydrogen (secondary N) is 3. The lowest BCUT2D eigenvalue weighted by Gasteiger charge is -2.15. The number of carbonyl (C=O) groups is 1. The molecule has 0 radical (unpaired) electrons. The first-order valence-corrected chi connectivity index (χ1v) is 10.6. The van der Waals surface area contributed by atoms with Crippen LogP contribution in [-0.4, -0.2) is 35.2 Å². The highest BCUT2D eigenvalue weighted by Gasteiger charge is 2.07. The van der Waals surface area contributed by atoms with Crippen LogP contribution in [0.5, 0.6) is 0 Å². The van der Waals surface area contributed by atoms with Crippen molar-refractivity contribution in [3.05, 3.63) is 89.2 Å².